The molecule has 0 aliphatic heterocycles. The van der Waals surface area contributed by atoms with Crippen LogP contribution >= 0.6 is 0 Å². The molecule has 0 aliphatic carbocycles. The van der Waals surface area contributed by atoms with Crippen LogP contribution in [0.4, 0.5) is 4.39 Å². The highest BCUT2D eigenvalue weighted by Crippen LogP contribution is 2.04. The third kappa shape index (κ3) is 4.65. The van der Waals surface area contributed by atoms with Gasteiger partial charge in [-0.25, -0.2) is 4.98 Å². The van der Waals surface area contributed by atoms with E-state index in [0.29, 0.717) is 6.54 Å². The first-order valence-corrected chi connectivity index (χ1v) is 6.14. The number of likely N-dealkylation sites (N-methyl/N-ethyl adjacent to an activating group) is 1. The molecule has 0 saturated heterocycles. The summed E-state index contributed by atoms with van der Waals surface area (Å²) in [5.74, 6) is -1.20. The van der Waals surface area contributed by atoms with Crippen LogP contribution in [0.3, 0.4) is 0 Å². The van der Waals surface area contributed by atoms with Crippen molar-refractivity contribution in [2.75, 3.05) is 13.1 Å². The largest absolute Gasteiger partial charge is 0.352 e. The molecule has 0 aromatic carbocycles. The Morgan fingerprint density at radius 1 is 1.42 bits per heavy atom. The van der Waals surface area contributed by atoms with Gasteiger partial charge < -0.3 is 10.2 Å². The molecule has 1 N–H and O–H groups in total. The number of hydrogen-bond acceptors (Lipinski definition) is 3. The fourth-order valence-corrected chi connectivity index (χ4v) is 1.55. The van der Waals surface area contributed by atoms with E-state index >= 15 is 0 Å². The number of nitrogens with zero attached hydrogens (tertiary/aromatic N) is 2. The molecule has 0 atom stereocenters. The van der Waals surface area contributed by atoms with E-state index in [1.54, 1.807) is 6.92 Å². The van der Waals surface area contributed by atoms with E-state index < -0.39 is 5.95 Å². The summed E-state index contributed by atoms with van der Waals surface area (Å²) in [5.41, 5.74) is 0.264. The molecule has 5 nitrogen and oxygen atoms in total. The maximum atomic E-state index is 12.7. The Labute approximate surface area is 111 Å². The average Bonchev–Trinajstić information content (AvgIpc) is 2.35. The van der Waals surface area contributed by atoms with Crippen molar-refractivity contribution in [1.82, 2.24) is 15.2 Å². The fourth-order valence-electron chi connectivity index (χ4n) is 1.55. The molecule has 1 rings (SSSR count). The number of rotatable bonds is 5. The van der Waals surface area contributed by atoms with Crippen LogP contribution in [0.1, 0.15) is 31.1 Å². The van der Waals surface area contributed by atoms with E-state index in [1.807, 2.05) is 13.8 Å². The molecule has 0 radical (unpaired) electrons. The molecule has 0 unspecified atom stereocenters. The summed E-state index contributed by atoms with van der Waals surface area (Å²) in [6, 6.07) is 2.50. The van der Waals surface area contributed by atoms with E-state index in [9.17, 15) is 14.0 Å². The molecule has 0 fully saturated rings. The summed E-state index contributed by atoms with van der Waals surface area (Å²) >= 11 is 0. The Bertz CT molecular complexity index is 446. The maximum absolute atomic E-state index is 12.7. The van der Waals surface area contributed by atoms with Gasteiger partial charge in [0.05, 0.1) is 12.1 Å². The van der Waals surface area contributed by atoms with Crippen molar-refractivity contribution >= 4 is 11.8 Å². The number of carbonyl (C=O) groups excluding carboxylic acids is 2. The second kappa shape index (κ2) is 6.82. The molecule has 2 amide bonds. The number of hydrogen-bond donors (Lipinski definition) is 1. The van der Waals surface area contributed by atoms with E-state index in [2.05, 4.69) is 10.3 Å². The van der Waals surface area contributed by atoms with Gasteiger partial charge in [0.15, 0.2) is 0 Å². The van der Waals surface area contributed by atoms with Crippen LogP contribution in [-0.2, 0) is 4.79 Å². The molecule has 6 heteroatoms. The van der Waals surface area contributed by atoms with E-state index in [0.717, 1.165) is 6.07 Å². The molecular formula is C13H18FN3O2. The summed E-state index contributed by atoms with van der Waals surface area (Å²) in [6.45, 7) is 5.84. The van der Waals surface area contributed by atoms with Gasteiger partial charge in [0, 0.05) is 18.8 Å². The Kier molecular flexibility index (Phi) is 5.41. The van der Waals surface area contributed by atoms with Crippen LogP contribution in [0, 0.1) is 5.95 Å². The Morgan fingerprint density at radius 3 is 2.58 bits per heavy atom. The zero-order chi connectivity index (χ0) is 14.4. The van der Waals surface area contributed by atoms with Gasteiger partial charge in [-0.3, -0.25) is 9.59 Å². The van der Waals surface area contributed by atoms with Gasteiger partial charge in [-0.2, -0.15) is 4.39 Å². The van der Waals surface area contributed by atoms with Gasteiger partial charge in [-0.1, -0.05) is 0 Å². The number of amides is 2. The highest BCUT2D eigenvalue weighted by molar-refractivity contribution is 5.96. The molecular weight excluding hydrogens is 249 g/mol. The Balaban J connectivity index is 2.71. The highest BCUT2D eigenvalue weighted by atomic mass is 19.1. The minimum absolute atomic E-state index is 0.0220. The van der Waals surface area contributed by atoms with Gasteiger partial charge in [0.25, 0.3) is 5.91 Å². The predicted octanol–water partition coefficient (Wildman–Crippen LogP) is 1.21. The summed E-state index contributed by atoms with van der Waals surface area (Å²) in [6.07, 6.45) is 1.17. The smallest absolute Gasteiger partial charge is 0.255 e. The minimum Gasteiger partial charge on any atom is -0.352 e. The van der Waals surface area contributed by atoms with Gasteiger partial charge in [0.2, 0.25) is 11.9 Å². The average molecular weight is 267 g/mol. The van der Waals surface area contributed by atoms with Crippen molar-refractivity contribution in [2.24, 2.45) is 0 Å². The summed E-state index contributed by atoms with van der Waals surface area (Å²) in [5, 5.41) is 2.71. The lowest BCUT2D eigenvalue weighted by atomic mass is 10.2. The Hall–Kier alpha value is -1.98. The first-order valence-electron chi connectivity index (χ1n) is 6.14. The SMILES string of the molecule is CCN(CC(=O)NC(C)C)C(=O)c1ccc(F)nc1. The lowest BCUT2D eigenvalue weighted by Crippen LogP contribution is -2.42. The van der Waals surface area contributed by atoms with Crippen molar-refractivity contribution < 1.29 is 14.0 Å². The third-order valence-corrected chi connectivity index (χ3v) is 2.43. The number of carbonyl (C=O) groups is 2. The predicted molar refractivity (Wildman–Crippen MR) is 69.1 cm³/mol. The fraction of sp³-hybridized carbons (Fsp3) is 0.462. The highest BCUT2D eigenvalue weighted by Gasteiger charge is 2.17. The molecule has 1 aromatic rings. The minimum atomic E-state index is -0.642. The lowest BCUT2D eigenvalue weighted by Gasteiger charge is -2.21. The van der Waals surface area contributed by atoms with E-state index in [4.69, 9.17) is 0 Å². The topological polar surface area (TPSA) is 62.3 Å². The second-order valence-corrected chi connectivity index (χ2v) is 4.41. The number of nitrogens with one attached hydrogen (secondary N) is 1. The van der Waals surface area contributed by atoms with Crippen LogP contribution in [0.5, 0.6) is 0 Å². The molecule has 0 bridgehead atoms. The Morgan fingerprint density at radius 2 is 2.11 bits per heavy atom. The van der Waals surface area contributed by atoms with Crippen LogP contribution in [0.15, 0.2) is 18.3 Å². The van der Waals surface area contributed by atoms with Crippen molar-refractivity contribution in [1.29, 1.82) is 0 Å². The number of pyridine rings is 1. The van der Waals surface area contributed by atoms with Gasteiger partial charge >= 0.3 is 0 Å². The zero-order valence-corrected chi connectivity index (χ0v) is 11.3. The summed E-state index contributed by atoms with van der Waals surface area (Å²) in [4.78, 5) is 28.5. The van der Waals surface area contributed by atoms with Crippen molar-refractivity contribution in [3.05, 3.63) is 29.8 Å². The van der Waals surface area contributed by atoms with Crippen LogP contribution in [0.2, 0.25) is 0 Å². The van der Waals surface area contributed by atoms with Crippen LogP contribution < -0.4 is 5.32 Å². The molecule has 0 aliphatic rings. The zero-order valence-electron chi connectivity index (χ0n) is 11.3. The summed E-state index contributed by atoms with van der Waals surface area (Å²) in [7, 11) is 0. The molecule has 104 valence electrons. The van der Waals surface area contributed by atoms with Gasteiger partial charge in [-0.05, 0) is 32.9 Å². The maximum Gasteiger partial charge on any atom is 0.255 e. The molecule has 1 aromatic heterocycles. The lowest BCUT2D eigenvalue weighted by molar-refractivity contribution is -0.122. The van der Waals surface area contributed by atoms with Crippen LogP contribution in [0.25, 0.3) is 0 Å². The first-order chi connectivity index (χ1) is 8.93. The third-order valence-electron chi connectivity index (χ3n) is 2.43. The normalized spacial score (nSPS) is 10.4. The molecule has 0 saturated carbocycles. The van der Waals surface area contributed by atoms with Crippen molar-refractivity contribution in [2.45, 2.75) is 26.8 Å². The number of halogens is 1. The molecule has 1 heterocycles. The summed E-state index contributed by atoms with van der Waals surface area (Å²) < 4.78 is 12.7. The standard InChI is InChI=1S/C13H18FN3O2/c1-4-17(8-12(18)16-9(2)3)13(19)10-5-6-11(14)15-7-10/h5-7,9H,4,8H2,1-3H3,(H,16,18). The van der Waals surface area contributed by atoms with Crippen molar-refractivity contribution in [3.63, 3.8) is 0 Å². The second-order valence-electron chi connectivity index (χ2n) is 4.41. The van der Waals surface area contributed by atoms with E-state index in [-0.39, 0.29) is 30.0 Å². The van der Waals surface area contributed by atoms with Gasteiger partial charge in [0.1, 0.15) is 0 Å². The monoisotopic (exact) mass is 267 g/mol. The quantitative estimate of drug-likeness (QED) is 0.816. The molecule has 0 spiro atoms. The van der Waals surface area contributed by atoms with Crippen molar-refractivity contribution in [3.8, 4) is 0 Å². The molecule has 19 heavy (non-hydrogen) atoms. The first kappa shape index (κ1) is 15.1. The van der Waals surface area contributed by atoms with E-state index in [1.165, 1.54) is 17.2 Å². The number of aromatic nitrogens is 1. The van der Waals surface area contributed by atoms with Crippen LogP contribution in [-0.4, -0.2) is 40.8 Å². The van der Waals surface area contributed by atoms with Gasteiger partial charge in [-0.15, -0.1) is 0 Å².